The molecule has 0 unspecified atom stereocenters. The fourth-order valence-electron chi connectivity index (χ4n) is 1.51. The molecule has 0 amide bonds. The van der Waals surface area contributed by atoms with E-state index in [4.69, 9.17) is 4.74 Å². The number of benzene rings is 1. The summed E-state index contributed by atoms with van der Waals surface area (Å²) < 4.78 is 18.2. The third-order valence-corrected chi connectivity index (χ3v) is 2.43. The minimum absolute atomic E-state index is 0.197. The molecule has 0 aliphatic rings. The van der Waals surface area contributed by atoms with Gasteiger partial charge in [0.2, 0.25) is 0 Å². The van der Waals surface area contributed by atoms with Crippen LogP contribution in [0.4, 0.5) is 4.39 Å². The van der Waals surface area contributed by atoms with Crippen LogP contribution in [0, 0.1) is 5.82 Å². The topological polar surface area (TPSA) is 38.3 Å². The van der Waals surface area contributed by atoms with Crippen molar-refractivity contribution in [1.82, 2.24) is 5.32 Å². The fraction of sp³-hybridized carbons (Fsp3) is 0.462. The maximum absolute atomic E-state index is 13.3. The largest absolute Gasteiger partial charge is 0.494 e. The second-order valence-corrected chi connectivity index (χ2v) is 3.95. The maximum atomic E-state index is 13.3. The Hall–Kier alpha value is -1.42. The molecule has 0 radical (unpaired) electrons. The molecule has 0 aliphatic heterocycles. The molecular weight excluding hydrogens is 221 g/mol. The third-order valence-electron chi connectivity index (χ3n) is 2.43. The molecule has 0 aliphatic carbocycles. The van der Waals surface area contributed by atoms with Crippen LogP contribution < -0.4 is 10.1 Å². The number of carbonyl (C=O) groups is 1. The van der Waals surface area contributed by atoms with E-state index in [-0.39, 0.29) is 17.3 Å². The summed E-state index contributed by atoms with van der Waals surface area (Å²) in [6.45, 7) is 2.94. The number of Topliss-reactive ketones (excluding diaryl/α,β-unsaturated/α-hetero) is 1. The molecule has 0 bridgehead atoms. The first-order valence-corrected chi connectivity index (χ1v) is 5.66. The Kier molecular flexibility index (Phi) is 5.63. The van der Waals surface area contributed by atoms with Gasteiger partial charge in [-0.05, 0) is 37.6 Å². The van der Waals surface area contributed by atoms with Gasteiger partial charge in [-0.2, -0.15) is 0 Å². The highest BCUT2D eigenvalue weighted by atomic mass is 19.1. The van der Waals surface area contributed by atoms with Crippen LogP contribution in [-0.4, -0.2) is 19.4 Å². The lowest BCUT2D eigenvalue weighted by Gasteiger charge is -2.06. The highest BCUT2D eigenvalue weighted by molar-refractivity contribution is 5.75. The van der Waals surface area contributed by atoms with E-state index in [2.05, 4.69) is 5.32 Å². The van der Waals surface area contributed by atoms with Crippen molar-refractivity contribution in [1.29, 1.82) is 0 Å². The molecule has 0 heterocycles. The van der Waals surface area contributed by atoms with Gasteiger partial charge in [-0.15, -0.1) is 0 Å². The van der Waals surface area contributed by atoms with Gasteiger partial charge in [0.05, 0.1) is 7.11 Å². The van der Waals surface area contributed by atoms with E-state index in [1.54, 1.807) is 13.0 Å². The van der Waals surface area contributed by atoms with E-state index in [9.17, 15) is 9.18 Å². The fourth-order valence-corrected chi connectivity index (χ4v) is 1.51. The zero-order valence-corrected chi connectivity index (χ0v) is 10.3. The Balaban J connectivity index is 2.32. The molecule has 1 aromatic carbocycles. The van der Waals surface area contributed by atoms with Gasteiger partial charge in [-0.3, -0.25) is 0 Å². The summed E-state index contributed by atoms with van der Waals surface area (Å²) in [5, 5.41) is 3.16. The molecular formula is C13H18FNO2. The number of methoxy groups -OCH3 is 1. The molecule has 1 N–H and O–H groups in total. The van der Waals surface area contributed by atoms with Gasteiger partial charge >= 0.3 is 0 Å². The Morgan fingerprint density at radius 2 is 2.24 bits per heavy atom. The van der Waals surface area contributed by atoms with Gasteiger partial charge in [0.25, 0.3) is 0 Å². The Bertz CT molecular complexity index is 380. The standard InChI is InChI=1S/C13H18FNO2/c1-10(16)4-3-7-15-9-11-5-6-13(17-2)12(14)8-11/h5-6,8,15H,3-4,7,9H2,1-2H3. The highest BCUT2D eigenvalue weighted by Crippen LogP contribution is 2.17. The summed E-state index contributed by atoms with van der Waals surface area (Å²) in [4.78, 5) is 10.7. The molecule has 3 nitrogen and oxygen atoms in total. The number of halogens is 1. The van der Waals surface area contributed by atoms with Crippen LogP contribution in [0.15, 0.2) is 18.2 Å². The first-order chi connectivity index (χ1) is 8.13. The van der Waals surface area contributed by atoms with Crippen LogP contribution in [0.25, 0.3) is 0 Å². The number of ketones is 1. The zero-order chi connectivity index (χ0) is 12.7. The summed E-state index contributed by atoms with van der Waals surface area (Å²) in [7, 11) is 1.44. The molecule has 0 saturated carbocycles. The first kappa shape index (κ1) is 13.6. The molecule has 94 valence electrons. The minimum Gasteiger partial charge on any atom is -0.494 e. The van der Waals surface area contributed by atoms with Crippen molar-refractivity contribution in [3.05, 3.63) is 29.6 Å². The Morgan fingerprint density at radius 3 is 2.82 bits per heavy atom. The van der Waals surface area contributed by atoms with Crippen molar-refractivity contribution in [3.8, 4) is 5.75 Å². The quantitative estimate of drug-likeness (QED) is 0.742. The number of ether oxygens (including phenoxy) is 1. The molecule has 0 saturated heterocycles. The predicted molar refractivity (Wildman–Crippen MR) is 64.6 cm³/mol. The Labute approximate surface area is 101 Å². The molecule has 17 heavy (non-hydrogen) atoms. The molecule has 4 heteroatoms. The minimum atomic E-state index is -0.351. The second-order valence-electron chi connectivity index (χ2n) is 3.95. The van der Waals surface area contributed by atoms with Crippen molar-refractivity contribution in [3.63, 3.8) is 0 Å². The van der Waals surface area contributed by atoms with Crippen molar-refractivity contribution in [2.24, 2.45) is 0 Å². The summed E-state index contributed by atoms with van der Waals surface area (Å²) in [6.07, 6.45) is 1.40. The van der Waals surface area contributed by atoms with Crippen LogP contribution in [-0.2, 0) is 11.3 Å². The van der Waals surface area contributed by atoms with Crippen molar-refractivity contribution >= 4 is 5.78 Å². The number of hydrogen-bond acceptors (Lipinski definition) is 3. The van der Waals surface area contributed by atoms with Gasteiger partial charge in [0, 0.05) is 13.0 Å². The summed E-state index contributed by atoms with van der Waals surface area (Å²) in [6, 6.07) is 4.89. The number of nitrogens with one attached hydrogen (secondary N) is 1. The van der Waals surface area contributed by atoms with Gasteiger partial charge < -0.3 is 14.8 Å². The van der Waals surface area contributed by atoms with E-state index >= 15 is 0 Å². The normalized spacial score (nSPS) is 10.3. The Morgan fingerprint density at radius 1 is 1.47 bits per heavy atom. The SMILES string of the molecule is COc1ccc(CNCCCC(C)=O)cc1F. The van der Waals surface area contributed by atoms with Crippen LogP contribution in [0.1, 0.15) is 25.3 Å². The van der Waals surface area contributed by atoms with Crippen LogP contribution >= 0.6 is 0 Å². The smallest absolute Gasteiger partial charge is 0.165 e. The zero-order valence-electron chi connectivity index (χ0n) is 10.3. The molecule has 1 rings (SSSR count). The predicted octanol–water partition coefficient (Wildman–Crippen LogP) is 2.29. The number of carbonyl (C=O) groups excluding carboxylic acids is 1. The number of hydrogen-bond donors (Lipinski definition) is 1. The van der Waals surface area contributed by atoms with Crippen LogP contribution in [0.2, 0.25) is 0 Å². The molecule has 0 aromatic heterocycles. The average Bonchev–Trinajstić information content (AvgIpc) is 2.28. The van der Waals surface area contributed by atoms with Crippen molar-refractivity contribution in [2.75, 3.05) is 13.7 Å². The summed E-state index contributed by atoms with van der Waals surface area (Å²) >= 11 is 0. The maximum Gasteiger partial charge on any atom is 0.165 e. The molecule has 1 aromatic rings. The lowest BCUT2D eigenvalue weighted by Crippen LogP contribution is -2.15. The number of rotatable bonds is 7. The third kappa shape index (κ3) is 4.95. The molecule has 0 spiro atoms. The van der Waals surface area contributed by atoms with E-state index in [1.165, 1.54) is 13.2 Å². The second kappa shape index (κ2) is 7.01. The summed E-state index contributed by atoms with van der Waals surface area (Å²) in [5.41, 5.74) is 0.867. The van der Waals surface area contributed by atoms with E-state index in [1.807, 2.05) is 6.07 Å². The lowest BCUT2D eigenvalue weighted by atomic mass is 10.2. The molecule has 0 fully saturated rings. The first-order valence-electron chi connectivity index (χ1n) is 5.66. The van der Waals surface area contributed by atoms with Gasteiger partial charge in [-0.1, -0.05) is 6.07 Å². The molecule has 0 atom stereocenters. The van der Waals surface area contributed by atoms with Crippen molar-refractivity contribution in [2.45, 2.75) is 26.3 Å². The van der Waals surface area contributed by atoms with Crippen LogP contribution in [0.3, 0.4) is 0 Å². The van der Waals surface area contributed by atoms with E-state index in [0.717, 1.165) is 18.5 Å². The van der Waals surface area contributed by atoms with Gasteiger partial charge in [-0.25, -0.2) is 4.39 Å². The van der Waals surface area contributed by atoms with E-state index < -0.39 is 0 Å². The monoisotopic (exact) mass is 239 g/mol. The van der Waals surface area contributed by atoms with Crippen LogP contribution in [0.5, 0.6) is 5.75 Å². The lowest BCUT2D eigenvalue weighted by molar-refractivity contribution is -0.117. The van der Waals surface area contributed by atoms with Gasteiger partial charge in [0.1, 0.15) is 5.78 Å². The highest BCUT2D eigenvalue weighted by Gasteiger charge is 2.02. The average molecular weight is 239 g/mol. The van der Waals surface area contributed by atoms with Gasteiger partial charge in [0.15, 0.2) is 11.6 Å². The summed E-state index contributed by atoms with van der Waals surface area (Å²) in [5.74, 6) is 0.100. The van der Waals surface area contributed by atoms with E-state index in [0.29, 0.717) is 13.0 Å². The van der Waals surface area contributed by atoms with Crippen molar-refractivity contribution < 1.29 is 13.9 Å².